The van der Waals surface area contributed by atoms with E-state index >= 15 is 0 Å². The number of aromatic nitrogens is 2. The maximum absolute atomic E-state index is 13.1. The Morgan fingerprint density at radius 1 is 1.15 bits per heavy atom. The first-order valence-corrected chi connectivity index (χ1v) is 11.1. The molecule has 1 fully saturated rings. The van der Waals surface area contributed by atoms with Crippen molar-refractivity contribution in [2.24, 2.45) is 0 Å². The molecule has 0 aliphatic carbocycles. The van der Waals surface area contributed by atoms with Gasteiger partial charge >= 0.3 is 12.1 Å². The third kappa shape index (κ3) is 4.00. The highest BCUT2D eigenvalue weighted by molar-refractivity contribution is 6.02. The van der Waals surface area contributed by atoms with Gasteiger partial charge < -0.3 is 25.0 Å². The number of piperidine rings is 1. The van der Waals surface area contributed by atoms with Crippen LogP contribution in [0.1, 0.15) is 30.9 Å². The van der Waals surface area contributed by atoms with Crippen molar-refractivity contribution in [2.45, 2.75) is 30.9 Å². The summed E-state index contributed by atoms with van der Waals surface area (Å²) in [4.78, 5) is 27.3. The number of likely N-dealkylation sites (tertiary alicyclic amines) is 1. The minimum absolute atomic E-state index is 0.171. The number of amides is 2. The number of methoxy groups -OCH3 is 1. The SMILES string of the molecule is COC(=O)n1ncc2c(NC(=O)NC3CC4(CCN(C)CC4)Oc4ccccc43)cccc21. The molecule has 0 radical (unpaired) electrons. The van der Waals surface area contributed by atoms with Crippen molar-refractivity contribution >= 4 is 28.7 Å². The zero-order chi connectivity index (χ0) is 23.0. The van der Waals surface area contributed by atoms with Crippen molar-refractivity contribution in [3.8, 4) is 5.75 Å². The summed E-state index contributed by atoms with van der Waals surface area (Å²) < 4.78 is 12.4. The van der Waals surface area contributed by atoms with Crippen molar-refractivity contribution in [1.82, 2.24) is 20.0 Å². The predicted octanol–water partition coefficient (Wildman–Crippen LogP) is 3.76. The third-order valence-electron chi connectivity index (χ3n) is 6.61. The fourth-order valence-electron chi connectivity index (χ4n) is 4.79. The number of anilines is 1. The fraction of sp³-hybridized carbons (Fsp3) is 0.375. The van der Waals surface area contributed by atoms with Crippen LogP contribution in [0.4, 0.5) is 15.3 Å². The molecule has 172 valence electrons. The van der Waals surface area contributed by atoms with Gasteiger partial charge in [0, 0.05) is 30.5 Å². The molecule has 33 heavy (non-hydrogen) atoms. The predicted molar refractivity (Wildman–Crippen MR) is 124 cm³/mol. The van der Waals surface area contributed by atoms with Crippen LogP contribution in [0.15, 0.2) is 48.7 Å². The molecule has 5 rings (SSSR count). The first-order valence-electron chi connectivity index (χ1n) is 11.1. The monoisotopic (exact) mass is 449 g/mol. The number of nitrogens with zero attached hydrogens (tertiary/aromatic N) is 3. The van der Waals surface area contributed by atoms with E-state index in [-0.39, 0.29) is 17.7 Å². The average molecular weight is 450 g/mol. The van der Waals surface area contributed by atoms with Crippen molar-refractivity contribution in [3.05, 3.63) is 54.2 Å². The molecule has 3 heterocycles. The highest BCUT2D eigenvalue weighted by Gasteiger charge is 2.43. The van der Waals surface area contributed by atoms with Crippen LogP contribution < -0.4 is 15.4 Å². The maximum atomic E-state index is 13.1. The zero-order valence-corrected chi connectivity index (χ0v) is 18.7. The number of hydrogen-bond donors (Lipinski definition) is 2. The Hall–Kier alpha value is -3.59. The molecule has 1 spiro atoms. The largest absolute Gasteiger partial charge is 0.487 e. The number of nitrogens with one attached hydrogen (secondary N) is 2. The highest BCUT2D eigenvalue weighted by Crippen LogP contribution is 2.44. The van der Waals surface area contributed by atoms with Gasteiger partial charge in [-0.3, -0.25) is 0 Å². The number of benzene rings is 2. The summed E-state index contributed by atoms with van der Waals surface area (Å²) in [5, 5.41) is 10.8. The van der Waals surface area contributed by atoms with E-state index in [2.05, 4.69) is 27.7 Å². The Morgan fingerprint density at radius 3 is 2.73 bits per heavy atom. The molecule has 1 aromatic heterocycles. The number of fused-ring (bicyclic) bond motifs is 2. The van der Waals surface area contributed by atoms with E-state index < -0.39 is 6.09 Å². The maximum Gasteiger partial charge on any atom is 0.434 e. The lowest BCUT2D eigenvalue weighted by Crippen LogP contribution is -2.51. The number of carbonyl (C=O) groups is 2. The third-order valence-corrected chi connectivity index (χ3v) is 6.61. The molecular formula is C24H27N5O4. The van der Waals surface area contributed by atoms with Crippen LogP contribution in [0.2, 0.25) is 0 Å². The van der Waals surface area contributed by atoms with E-state index in [0.717, 1.165) is 48.3 Å². The van der Waals surface area contributed by atoms with Crippen LogP contribution in [0.25, 0.3) is 10.9 Å². The van der Waals surface area contributed by atoms with Crippen LogP contribution in [-0.2, 0) is 4.74 Å². The molecule has 0 bridgehead atoms. The molecule has 1 saturated heterocycles. The number of para-hydroxylation sites is 1. The van der Waals surface area contributed by atoms with Crippen molar-refractivity contribution in [2.75, 3.05) is 32.6 Å². The lowest BCUT2D eigenvalue weighted by atomic mass is 9.80. The van der Waals surface area contributed by atoms with Gasteiger partial charge in [0.15, 0.2) is 0 Å². The second kappa shape index (κ2) is 8.40. The van der Waals surface area contributed by atoms with Crippen LogP contribution in [-0.4, -0.2) is 59.7 Å². The first kappa shape index (κ1) is 21.3. The molecule has 2 N–H and O–H groups in total. The van der Waals surface area contributed by atoms with Gasteiger partial charge in [0.05, 0.1) is 30.6 Å². The molecule has 1 atom stereocenters. The lowest BCUT2D eigenvalue weighted by molar-refractivity contribution is -0.0188. The van der Waals surface area contributed by atoms with E-state index in [9.17, 15) is 9.59 Å². The molecule has 2 aliphatic heterocycles. The van der Waals surface area contributed by atoms with Gasteiger partial charge in [0.2, 0.25) is 0 Å². The van der Waals surface area contributed by atoms with E-state index in [1.807, 2.05) is 24.3 Å². The van der Waals surface area contributed by atoms with Gasteiger partial charge in [-0.05, 0) is 38.1 Å². The van der Waals surface area contributed by atoms with Gasteiger partial charge in [0.25, 0.3) is 0 Å². The van der Waals surface area contributed by atoms with Gasteiger partial charge in [-0.1, -0.05) is 24.3 Å². The Labute approximate surface area is 191 Å². The second-order valence-corrected chi connectivity index (χ2v) is 8.75. The summed E-state index contributed by atoms with van der Waals surface area (Å²) >= 11 is 0. The van der Waals surface area contributed by atoms with Gasteiger partial charge in [-0.25, -0.2) is 9.59 Å². The molecule has 9 nitrogen and oxygen atoms in total. The van der Waals surface area contributed by atoms with E-state index in [4.69, 9.17) is 9.47 Å². The molecule has 2 aliphatic rings. The second-order valence-electron chi connectivity index (χ2n) is 8.75. The molecule has 9 heteroatoms. The molecule has 2 amide bonds. The van der Waals surface area contributed by atoms with Gasteiger partial charge in [-0.2, -0.15) is 9.78 Å². The van der Waals surface area contributed by atoms with E-state index in [1.54, 1.807) is 24.4 Å². The van der Waals surface area contributed by atoms with Crippen LogP contribution in [0, 0.1) is 0 Å². The lowest BCUT2D eigenvalue weighted by Gasteiger charge is -2.46. The number of carbonyl (C=O) groups excluding carboxylic acids is 2. The molecule has 1 unspecified atom stereocenters. The van der Waals surface area contributed by atoms with Gasteiger partial charge in [-0.15, -0.1) is 0 Å². The number of urea groups is 1. The van der Waals surface area contributed by atoms with Crippen molar-refractivity contribution in [3.63, 3.8) is 0 Å². The number of hydrogen-bond acceptors (Lipinski definition) is 6. The van der Waals surface area contributed by atoms with E-state index in [1.165, 1.54) is 7.11 Å². The summed E-state index contributed by atoms with van der Waals surface area (Å²) in [5.41, 5.74) is 1.82. The van der Waals surface area contributed by atoms with Crippen molar-refractivity contribution < 1.29 is 19.1 Å². The average Bonchev–Trinajstić information content (AvgIpc) is 3.26. The number of rotatable bonds is 2. The highest BCUT2D eigenvalue weighted by atomic mass is 16.5. The molecule has 2 aromatic carbocycles. The van der Waals surface area contributed by atoms with Crippen LogP contribution >= 0.6 is 0 Å². The normalized spacial score (nSPS) is 19.5. The Kier molecular flexibility index (Phi) is 5.41. The summed E-state index contributed by atoms with van der Waals surface area (Å²) in [6, 6.07) is 12.7. The van der Waals surface area contributed by atoms with Crippen LogP contribution in [0.5, 0.6) is 5.75 Å². The Morgan fingerprint density at radius 2 is 1.94 bits per heavy atom. The quantitative estimate of drug-likeness (QED) is 0.618. The number of ether oxygens (including phenoxy) is 2. The minimum Gasteiger partial charge on any atom is -0.487 e. The zero-order valence-electron chi connectivity index (χ0n) is 18.7. The summed E-state index contributed by atoms with van der Waals surface area (Å²) in [6.07, 6.45) is 3.51. The summed E-state index contributed by atoms with van der Waals surface area (Å²) in [5.74, 6) is 0.833. The van der Waals surface area contributed by atoms with E-state index in [0.29, 0.717) is 16.6 Å². The van der Waals surface area contributed by atoms with Crippen molar-refractivity contribution in [1.29, 1.82) is 0 Å². The smallest absolute Gasteiger partial charge is 0.434 e. The fourth-order valence-corrected chi connectivity index (χ4v) is 4.79. The Bertz CT molecular complexity index is 1200. The molecule has 0 saturated carbocycles. The molecular weight excluding hydrogens is 422 g/mol. The van der Waals surface area contributed by atoms with Crippen LogP contribution in [0.3, 0.4) is 0 Å². The standard InChI is InChI=1S/C24H27N5O4/c1-28-12-10-24(11-13-28)14-19(16-6-3-4-9-21(16)33-24)27-22(30)26-18-7-5-8-20-17(18)15-25-29(20)23(31)32-2/h3-9,15,19H,10-14H2,1-2H3,(H2,26,27,30). The summed E-state index contributed by atoms with van der Waals surface area (Å²) in [7, 11) is 3.42. The topological polar surface area (TPSA) is 97.7 Å². The minimum atomic E-state index is -0.589. The Balaban J connectivity index is 1.37. The summed E-state index contributed by atoms with van der Waals surface area (Å²) in [6.45, 7) is 1.93. The van der Waals surface area contributed by atoms with Gasteiger partial charge in [0.1, 0.15) is 11.4 Å². The molecule has 3 aromatic rings. The first-order chi connectivity index (χ1) is 16.0.